The average molecular weight is 451 g/mol. The van der Waals surface area contributed by atoms with Crippen LogP contribution in [0.25, 0.3) is 0 Å². The van der Waals surface area contributed by atoms with Crippen molar-refractivity contribution in [1.82, 2.24) is 9.29 Å². The number of carbonyl (C=O) groups is 1. The molecule has 1 aliphatic carbocycles. The predicted octanol–water partition coefficient (Wildman–Crippen LogP) is 1.74. The zero-order valence-corrected chi connectivity index (χ0v) is 17.0. The summed E-state index contributed by atoms with van der Waals surface area (Å²) in [5.74, 6) is -1.79. The first kappa shape index (κ1) is 22.8. The van der Waals surface area contributed by atoms with Crippen LogP contribution in [0.3, 0.4) is 0 Å². The molecule has 3 aliphatic rings. The number of hydrogen-bond donors (Lipinski definition) is 1. The molecule has 0 radical (unpaired) electrons. The predicted molar refractivity (Wildman–Crippen MR) is 102 cm³/mol. The number of sulfonamides is 1. The minimum absolute atomic E-state index is 0.115. The average Bonchev–Trinajstić information content (AvgIpc) is 3.49. The van der Waals surface area contributed by atoms with Crippen LogP contribution in [0.1, 0.15) is 19.3 Å². The fourth-order valence-electron chi connectivity index (χ4n) is 3.67. The number of ether oxygens (including phenoxy) is 1. The number of hydrogen-bond acceptors (Lipinski definition) is 6. The molecule has 1 atom stereocenters. The maximum Gasteiger partial charge on any atom is 0.490 e. The van der Waals surface area contributed by atoms with Gasteiger partial charge in [-0.2, -0.15) is 17.5 Å². The lowest BCUT2D eigenvalue weighted by Crippen LogP contribution is -2.44. The van der Waals surface area contributed by atoms with Crippen LogP contribution in [0.15, 0.2) is 24.4 Å². The van der Waals surface area contributed by atoms with Crippen LogP contribution in [-0.4, -0.2) is 79.6 Å². The third-order valence-corrected chi connectivity index (χ3v) is 7.71. The Labute approximate surface area is 172 Å². The summed E-state index contributed by atoms with van der Waals surface area (Å²) >= 11 is 0. The zero-order valence-electron chi connectivity index (χ0n) is 16.2. The van der Waals surface area contributed by atoms with Crippen molar-refractivity contribution >= 4 is 21.8 Å². The Kier molecular flexibility index (Phi) is 6.58. The smallest absolute Gasteiger partial charge is 0.475 e. The Hall–Kier alpha value is -1.92. The lowest BCUT2D eigenvalue weighted by Gasteiger charge is -2.31. The zero-order chi connectivity index (χ0) is 22.0. The third-order valence-electron chi connectivity index (χ3n) is 5.36. The van der Waals surface area contributed by atoms with Gasteiger partial charge in [-0.05, 0) is 31.4 Å². The molecule has 1 saturated carbocycles. The van der Waals surface area contributed by atoms with E-state index in [2.05, 4.69) is 9.88 Å². The molecule has 0 bridgehead atoms. The van der Waals surface area contributed by atoms with E-state index in [1.54, 1.807) is 10.5 Å². The highest BCUT2D eigenvalue weighted by Crippen LogP contribution is 2.38. The van der Waals surface area contributed by atoms with Crippen molar-refractivity contribution in [2.45, 2.75) is 30.7 Å². The number of pyridine rings is 1. The Balaban J connectivity index is 0.000000318. The number of nitrogens with zero attached hydrogens (tertiary/aromatic N) is 3. The highest BCUT2D eigenvalue weighted by Gasteiger charge is 2.47. The van der Waals surface area contributed by atoms with Crippen LogP contribution in [0.5, 0.6) is 0 Å². The van der Waals surface area contributed by atoms with Crippen LogP contribution < -0.4 is 4.90 Å². The summed E-state index contributed by atoms with van der Waals surface area (Å²) in [6, 6.07) is 5.91. The first-order valence-corrected chi connectivity index (χ1v) is 11.1. The molecule has 1 aromatic heterocycles. The number of alkyl halides is 3. The van der Waals surface area contributed by atoms with Gasteiger partial charge in [-0.3, -0.25) is 0 Å². The number of anilines is 1. The van der Waals surface area contributed by atoms with Gasteiger partial charge in [0.25, 0.3) is 0 Å². The van der Waals surface area contributed by atoms with Gasteiger partial charge < -0.3 is 14.7 Å². The van der Waals surface area contributed by atoms with Crippen molar-refractivity contribution in [3.63, 3.8) is 0 Å². The van der Waals surface area contributed by atoms with Gasteiger partial charge in [-0.15, -0.1) is 0 Å². The summed E-state index contributed by atoms with van der Waals surface area (Å²) in [5, 5.41) is 6.98. The monoisotopic (exact) mass is 451 g/mol. The molecule has 8 nitrogen and oxygen atoms in total. The fourth-order valence-corrected chi connectivity index (χ4v) is 5.60. The minimum Gasteiger partial charge on any atom is -0.475 e. The van der Waals surface area contributed by atoms with Crippen LogP contribution in [-0.2, 0) is 19.6 Å². The first-order valence-electron chi connectivity index (χ1n) is 9.56. The molecule has 4 rings (SSSR count). The van der Waals surface area contributed by atoms with E-state index in [0.717, 1.165) is 38.2 Å². The molecule has 168 valence electrons. The molecule has 1 unspecified atom stereocenters. The fraction of sp³-hybridized carbons (Fsp3) is 0.667. The topological polar surface area (TPSA) is 100 Å². The van der Waals surface area contributed by atoms with E-state index in [1.165, 1.54) is 0 Å². The Morgan fingerprint density at radius 2 is 1.93 bits per heavy atom. The van der Waals surface area contributed by atoms with Gasteiger partial charge in [0.1, 0.15) is 5.82 Å². The van der Waals surface area contributed by atoms with Crippen LogP contribution in [0, 0.1) is 5.41 Å². The number of rotatable bonds is 3. The largest absolute Gasteiger partial charge is 0.490 e. The molecule has 1 spiro atoms. The second-order valence-electron chi connectivity index (χ2n) is 7.79. The van der Waals surface area contributed by atoms with Crippen molar-refractivity contribution in [3.8, 4) is 0 Å². The quantitative estimate of drug-likeness (QED) is 0.747. The molecule has 30 heavy (non-hydrogen) atoms. The van der Waals surface area contributed by atoms with Gasteiger partial charge in [0.05, 0.1) is 18.5 Å². The summed E-state index contributed by atoms with van der Waals surface area (Å²) in [6.07, 6.45) is -0.715. The van der Waals surface area contributed by atoms with E-state index in [1.807, 2.05) is 18.2 Å². The van der Waals surface area contributed by atoms with E-state index in [4.69, 9.17) is 14.6 Å². The van der Waals surface area contributed by atoms with Crippen molar-refractivity contribution < 1.29 is 36.2 Å². The Bertz CT molecular complexity index is 848. The maximum atomic E-state index is 12.6. The van der Waals surface area contributed by atoms with Crippen molar-refractivity contribution in [2.75, 3.05) is 44.3 Å². The van der Waals surface area contributed by atoms with E-state index in [0.29, 0.717) is 26.3 Å². The summed E-state index contributed by atoms with van der Waals surface area (Å²) < 4.78 is 64.5. The SMILES string of the molecule is O=C(O)C(F)(F)F.O=S(=O)(C1CC1)N1CCOCC2(CCN(c3ccccn3)C2)C1. The van der Waals surface area contributed by atoms with E-state index in [9.17, 15) is 21.6 Å². The van der Waals surface area contributed by atoms with E-state index < -0.39 is 22.2 Å². The third kappa shape index (κ3) is 5.41. The maximum absolute atomic E-state index is 12.6. The van der Waals surface area contributed by atoms with Crippen LogP contribution in [0.2, 0.25) is 0 Å². The standard InChI is InChI=1S/C16H23N3O3S.C2HF3O2/c20-23(21,14-4-5-14)19-9-10-22-13-16(12-19)6-8-18(11-16)15-3-1-2-7-17-15;3-2(4,5)1(6)7/h1-3,7,14H,4-6,8-13H2;(H,6,7). The summed E-state index contributed by atoms with van der Waals surface area (Å²) in [5.41, 5.74) is -0.115. The number of aliphatic carboxylic acids is 1. The number of carboxylic acid groups (broad SMARTS) is 1. The van der Waals surface area contributed by atoms with Gasteiger partial charge in [-0.1, -0.05) is 6.07 Å². The second kappa shape index (κ2) is 8.67. The molecule has 12 heteroatoms. The lowest BCUT2D eigenvalue weighted by molar-refractivity contribution is -0.192. The molecular weight excluding hydrogens is 427 g/mol. The normalized spacial score (nSPS) is 25.5. The summed E-state index contributed by atoms with van der Waals surface area (Å²) in [7, 11) is -3.14. The van der Waals surface area contributed by atoms with Crippen molar-refractivity contribution in [2.24, 2.45) is 5.41 Å². The molecule has 1 aromatic rings. The second-order valence-corrected chi connectivity index (χ2v) is 10.0. The van der Waals surface area contributed by atoms with E-state index in [-0.39, 0.29) is 10.7 Å². The number of halogens is 3. The first-order chi connectivity index (χ1) is 14.0. The molecule has 2 aliphatic heterocycles. The Morgan fingerprint density at radius 1 is 1.23 bits per heavy atom. The lowest BCUT2D eigenvalue weighted by atomic mass is 9.88. The summed E-state index contributed by atoms with van der Waals surface area (Å²) in [4.78, 5) is 15.6. The Morgan fingerprint density at radius 3 is 2.50 bits per heavy atom. The number of aromatic nitrogens is 1. The highest BCUT2D eigenvalue weighted by molar-refractivity contribution is 7.90. The van der Waals surface area contributed by atoms with Crippen LogP contribution >= 0.6 is 0 Å². The van der Waals surface area contributed by atoms with Crippen molar-refractivity contribution in [1.29, 1.82) is 0 Å². The molecular formula is C18H24F3N3O5S. The molecule has 0 amide bonds. The molecule has 3 heterocycles. The van der Waals surface area contributed by atoms with Gasteiger partial charge in [-0.25, -0.2) is 18.2 Å². The minimum atomic E-state index is -5.08. The molecule has 1 N–H and O–H groups in total. The molecule has 0 aromatic carbocycles. The number of carboxylic acids is 1. The van der Waals surface area contributed by atoms with Gasteiger partial charge in [0, 0.05) is 37.8 Å². The van der Waals surface area contributed by atoms with Gasteiger partial charge >= 0.3 is 12.1 Å². The van der Waals surface area contributed by atoms with E-state index >= 15 is 0 Å². The summed E-state index contributed by atoms with van der Waals surface area (Å²) in [6.45, 7) is 3.90. The molecule has 3 fully saturated rings. The van der Waals surface area contributed by atoms with Crippen LogP contribution in [0.4, 0.5) is 19.0 Å². The van der Waals surface area contributed by atoms with Gasteiger partial charge in [0.15, 0.2) is 0 Å². The highest BCUT2D eigenvalue weighted by atomic mass is 32.2. The van der Waals surface area contributed by atoms with Crippen molar-refractivity contribution in [3.05, 3.63) is 24.4 Å². The van der Waals surface area contributed by atoms with Gasteiger partial charge in [0.2, 0.25) is 10.0 Å². The molecule has 2 saturated heterocycles.